The van der Waals surface area contributed by atoms with Gasteiger partial charge in [0.05, 0.1) is 12.0 Å². The number of nitrogen functional groups attached to an aromatic ring is 2. The molecule has 0 aliphatic rings. The fraction of sp³-hybridized carbons (Fsp3) is 0.143. The van der Waals surface area contributed by atoms with Gasteiger partial charge in [0.15, 0.2) is 0 Å². The lowest BCUT2D eigenvalue weighted by atomic mass is 10.1. The van der Waals surface area contributed by atoms with Crippen LogP contribution in [-0.2, 0) is 6.54 Å². The Balaban J connectivity index is 2.27. The summed E-state index contributed by atoms with van der Waals surface area (Å²) in [5.74, 6) is 0.429. The van der Waals surface area contributed by atoms with Crippen LogP contribution in [-0.4, -0.2) is 26.2 Å². The largest absolute Gasteiger partial charge is 0.399 e. The highest BCUT2D eigenvalue weighted by atomic mass is 16.3. The van der Waals surface area contributed by atoms with Gasteiger partial charge in [0.25, 0.3) is 0 Å². The fourth-order valence-corrected chi connectivity index (χ4v) is 2.31. The molecule has 102 valence electrons. The van der Waals surface area contributed by atoms with Crippen molar-refractivity contribution in [3.05, 3.63) is 36.8 Å². The van der Waals surface area contributed by atoms with Crippen molar-refractivity contribution in [2.75, 3.05) is 18.1 Å². The van der Waals surface area contributed by atoms with E-state index in [1.54, 1.807) is 0 Å². The Hall–Kier alpha value is -2.60. The molecule has 2 heterocycles. The standard InChI is InChI=1S/C14H15N5O/c15-10-3-1-9(2-4-10)11-7-19(5-6-20)14-12(11)13(16)17-8-18-14/h1-4,7-8,20H,5-6,15H2,(H2,16,17,18). The number of aliphatic hydroxyl groups is 1. The van der Waals surface area contributed by atoms with Crippen LogP contribution < -0.4 is 11.5 Å². The van der Waals surface area contributed by atoms with Crippen LogP contribution in [0.5, 0.6) is 0 Å². The summed E-state index contributed by atoms with van der Waals surface area (Å²) in [7, 11) is 0. The van der Waals surface area contributed by atoms with Gasteiger partial charge in [-0.3, -0.25) is 0 Å². The van der Waals surface area contributed by atoms with Gasteiger partial charge in [-0.15, -0.1) is 0 Å². The van der Waals surface area contributed by atoms with Crippen molar-refractivity contribution in [3.63, 3.8) is 0 Å². The van der Waals surface area contributed by atoms with Crippen molar-refractivity contribution >= 4 is 22.5 Å². The third-order valence-corrected chi connectivity index (χ3v) is 3.25. The van der Waals surface area contributed by atoms with E-state index in [1.165, 1.54) is 6.33 Å². The molecule has 3 aromatic rings. The average Bonchev–Trinajstić information content (AvgIpc) is 2.81. The van der Waals surface area contributed by atoms with Crippen LogP contribution in [0.15, 0.2) is 36.8 Å². The van der Waals surface area contributed by atoms with Crippen LogP contribution >= 0.6 is 0 Å². The number of benzene rings is 1. The van der Waals surface area contributed by atoms with Crippen LogP contribution in [0.4, 0.5) is 11.5 Å². The van der Waals surface area contributed by atoms with Crippen LogP contribution in [0.1, 0.15) is 0 Å². The van der Waals surface area contributed by atoms with E-state index in [2.05, 4.69) is 9.97 Å². The van der Waals surface area contributed by atoms with E-state index in [0.717, 1.165) is 22.2 Å². The van der Waals surface area contributed by atoms with Gasteiger partial charge < -0.3 is 21.1 Å². The van der Waals surface area contributed by atoms with Crippen LogP contribution in [0.2, 0.25) is 0 Å². The number of aliphatic hydroxyl groups excluding tert-OH is 1. The molecular weight excluding hydrogens is 254 g/mol. The van der Waals surface area contributed by atoms with Gasteiger partial charge in [-0.1, -0.05) is 12.1 Å². The minimum Gasteiger partial charge on any atom is -0.399 e. The number of anilines is 2. The van der Waals surface area contributed by atoms with Gasteiger partial charge in [0, 0.05) is 24.0 Å². The summed E-state index contributed by atoms with van der Waals surface area (Å²) in [6.07, 6.45) is 3.36. The first kappa shape index (κ1) is 12.4. The van der Waals surface area contributed by atoms with Crippen molar-refractivity contribution in [2.24, 2.45) is 0 Å². The zero-order valence-electron chi connectivity index (χ0n) is 10.8. The molecule has 6 heteroatoms. The summed E-state index contributed by atoms with van der Waals surface area (Å²) in [4.78, 5) is 8.31. The minimum absolute atomic E-state index is 0.0366. The molecule has 0 saturated heterocycles. The summed E-state index contributed by atoms with van der Waals surface area (Å²) in [5.41, 5.74) is 15.0. The van der Waals surface area contributed by atoms with E-state index in [1.807, 2.05) is 35.0 Å². The highest BCUT2D eigenvalue weighted by Gasteiger charge is 2.14. The Morgan fingerprint density at radius 1 is 1.10 bits per heavy atom. The first-order chi connectivity index (χ1) is 9.70. The molecule has 1 aromatic carbocycles. The summed E-state index contributed by atoms with van der Waals surface area (Å²) >= 11 is 0. The SMILES string of the molecule is Nc1ccc(-c2cn(CCO)c3ncnc(N)c23)cc1. The van der Waals surface area contributed by atoms with Crippen LogP contribution in [0.25, 0.3) is 22.2 Å². The average molecular weight is 269 g/mol. The van der Waals surface area contributed by atoms with Gasteiger partial charge >= 0.3 is 0 Å². The van der Waals surface area contributed by atoms with Gasteiger partial charge in [-0.2, -0.15) is 0 Å². The normalized spacial score (nSPS) is 11.1. The third-order valence-electron chi connectivity index (χ3n) is 3.25. The lowest BCUT2D eigenvalue weighted by Crippen LogP contribution is -2.02. The Kier molecular flexibility index (Phi) is 3.00. The number of nitrogens with two attached hydrogens (primary N) is 2. The Bertz CT molecular complexity index is 748. The number of hydrogen-bond donors (Lipinski definition) is 3. The highest BCUT2D eigenvalue weighted by Crippen LogP contribution is 2.32. The monoisotopic (exact) mass is 269 g/mol. The van der Waals surface area contributed by atoms with Crippen molar-refractivity contribution in [1.82, 2.24) is 14.5 Å². The first-order valence-corrected chi connectivity index (χ1v) is 6.27. The van der Waals surface area contributed by atoms with Crippen molar-refractivity contribution in [1.29, 1.82) is 0 Å². The second-order valence-electron chi connectivity index (χ2n) is 4.54. The van der Waals surface area contributed by atoms with Crippen molar-refractivity contribution in [2.45, 2.75) is 6.54 Å². The maximum atomic E-state index is 9.15. The molecule has 20 heavy (non-hydrogen) atoms. The van der Waals surface area contributed by atoms with E-state index in [9.17, 15) is 0 Å². The number of hydrogen-bond acceptors (Lipinski definition) is 5. The molecule has 0 aliphatic heterocycles. The lowest BCUT2D eigenvalue weighted by molar-refractivity contribution is 0.278. The van der Waals surface area contributed by atoms with E-state index in [0.29, 0.717) is 18.1 Å². The van der Waals surface area contributed by atoms with E-state index >= 15 is 0 Å². The minimum atomic E-state index is 0.0366. The second-order valence-corrected chi connectivity index (χ2v) is 4.54. The molecule has 6 nitrogen and oxygen atoms in total. The molecule has 0 fully saturated rings. The van der Waals surface area contributed by atoms with Crippen LogP contribution in [0, 0.1) is 0 Å². The number of rotatable bonds is 3. The topological polar surface area (TPSA) is 103 Å². The molecule has 0 unspecified atom stereocenters. The molecule has 0 amide bonds. The quantitative estimate of drug-likeness (QED) is 0.621. The molecular formula is C14H15N5O. The smallest absolute Gasteiger partial charge is 0.146 e. The summed E-state index contributed by atoms with van der Waals surface area (Å²) in [6, 6.07) is 7.54. The predicted octanol–water partition coefficient (Wildman–Crippen LogP) is 1.25. The highest BCUT2D eigenvalue weighted by molar-refractivity contribution is 6.00. The molecule has 0 bridgehead atoms. The molecule has 2 aromatic heterocycles. The van der Waals surface area contributed by atoms with E-state index in [-0.39, 0.29) is 6.61 Å². The van der Waals surface area contributed by atoms with Crippen LogP contribution in [0.3, 0.4) is 0 Å². The molecule has 0 spiro atoms. The molecule has 3 rings (SSSR count). The number of aromatic nitrogens is 3. The fourth-order valence-electron chi connectivity index (χ4n) is 2.31. The van der Waals surface area contributed by atoms with Crippen molar-refractivity contribution in [3.8, 4) is 11.1 Å². The third kappa shape index (κ3) is 1.96. The zero-order valence-corrected chi connectivity index (χ0v) is 10.8. The number of nitrogens with zero attached hydrogens (tertiary/aromatic N) is 3. The molecule has 5 N–H and O–H groups in total. The van der Waals surface area contributed by atoms with Gasteiger partial charge in [-0.25, -0.2) is 9.97 Å². The maximum Gasteiger partial charge on any atom is 0.146 e. The van der Waals surface area contributed by atoms with Crippen molar-refractivity contribution < 1.29 is 5.11 Å². The predicted molar refractivity (Wildman–Crippen MR) is 78.9 cm³/mol. The molecule has 0 atom stereocenters. The summed E-state index contributed by atoms with van der Waals surface area (Å²) in [6.45, 7) is 0.497. The van der Waals surface area contributed by atoms with E-state index in [4.69, 9.17) is 16.6 Å². The van der Waals surface area contributed by atoms with Gasteiger partial charge in [0.2, 0.25) is 0 Å². The Morgan fingerprint density at radius 2 is 1.85 bits per heavy atom. The second kappa shape index (κ2) is 4.82. The molecule has 0 radical (unpaired) electrons. The number of fused-ring (bicyclic) bond motifs is 1. The molecule has 0 aliphatic carbocycles. The summed E-state index contributed by atoms with van der Waals surface area (Å²) in [5, 5.41) is 9.95. The Morgan fingerprint density at radius 3 is 2.55 bits per heavy atom. The maximum absolute atomic E-state index is 9.15. The van der Waals surface area contributed by atoms with E-state index < -0.39 is 0 Å². The van der Waals surface area contributed by atoms with Gasteiger partial charge in [0.1, 0.15) is 17.8 Å². The summed E-state index contributed by atoms with van der Waals surface area (Å²) < 4.78 is 1.87. The molecule has 0 saturated carbocycles. The lowest BCUT2D eigenvalue weighted by Gasteiger charge is -2.01. The van der Waals surface area contributed by atoms with Gasteiger partial charge in [-0.05, 0) is 17.7 Å². The Labute approximate surface area is 115 Å². The zero-order chi connectivity index (χ0) is 14.1. The first-order valence-electron chi connectivity index (χ1n) is 6.27.